The van der Waals surface area contributed by atoms with Gasteiger partial charge in [-0.2, -0.15) is 0 Å². The van der Waals surface area contributed by atoms with E-state index in [1.807, 2.05) is 6.92 Å². The Bertz CT molecular complexity index is 1070. The second-order valence-electron chi connectivity index (χ2n) is 6.47. The molecular formula is C22H20N2O6S. The Morgan fingerprint density at radius 1 is 1.00 bits per heavy atom. The average molecular weight is 440 g/mol. The lowest BCUT2D eigenvalue weighted by Gasteiger charge is -2.06. The first-order valence-electron chi connectivity index (χ1n) is 9.51. The number of esters is 1. The number of carbonyl (C=O) groups excluding carboxylic acids is 4. The quantitative estimate of drug-likeness (QED) is 0.377. The van der Waals surface area contributed by atoms with E-state index < -0.39 is 18.5 Å². The van der Waals surface area contributed by atoms with Crippen LogP contribution in [0.25, 0.3) is 0 Å². The second-order valence-corrected chi connectivity index (χ2v) is 7.55. The van der Waals surface area contributed by atoms with Gasteiger partial charge >= 0.3 is 5.97 Å². The number of ketones is 1. The van der Waals surface area contributed by atoms with Gasteiger partial charge in [0.15, 0.2) is 18.2 Å². The molecule has 2 heterocycles. The Balaban J connectivity index is 1.50. The lowest BCUT2D eigenvalue weighted by atomic mass is 10.1. The van der Waals surface area contributed by atoms with Crippen LogP contribution < -0.4 is 10.6 Å². The third-order valence-corrected chi connectivity index (χ3v) is 5.07. The van der Waals surface area contributed by atoms with Crippen LogP contribution in [0.5, 0.6) is 0 Å². The summed E-state index contributed by atoms with van der Waals surface area (Å²) in [6, 6.07) is 12.6. The summed E-state index contributed by atoms with van der Waals surface area (Å²) in [5.74, 6) is -1.41. The number of thiophene rings is 1. The molecule has 2 N–H and O–H groups in total. The number of hydrogen-bond acceptors (Lipinski definition) is 7. The standard InChI is InChI=1S/C22H20N2O6S/c1-2-4-19(26)23-15-8-6-14(7-9-15)16(25)13-30-22(28)18-10-11-20(31-18)24-21(27)17-5-3-12-29-17/h3,5-12H,2,4,13H2,1H3,(H,23,26)(H,24,27). The van der Waals surface area contributed by atoms with E-state index in [9.17, 15) is 19.2 Å². The number of ether oxygens (including phenoxy) is 1. The number of rotatable bonds is 9. The highest BCUT2D eigenvalue weighted by Gasteiger charge is 2.16. The van der Waals surface area contributed by atoms with Crippen molar-refractivity contribution in [3.05, 3.63) is 71.0 Å². The Kier molecular flexibility index (Phi) is 7.34. The topological polar surface area (TPSA) is 115 Å². The van der Waals surface area contributed by atoms with Crippen molar-refractivity contribution in [2.45, 2.75) is 19.8 Å². The summed E-state index contributed by atoms with van der Waals surface area (Å²) < 4.78 is 10.1. The van der Waals surface area contributed by atoms with E-state index >= 15 is 0 Å². The van der Waals surface area contributed by atoms with E-state index in [1.54, 1.807) is 36.4 Å². The molecule has 31 heavy (non-hydrogen) atoms. The van der Waals surface area contributed by atoms with Crippen LogP contribution in [-0.4, -0.2) is 30.2 Å². The lowest BCUT2D eigenvalue weighted by molar-refractivity contribution is -0.116. The first-order valence-corrected chi connectivity index (χ1v) is 10.3. The van der Waals surface area contributed by atoms with Gasteiger partial charge in [0, 0.05) is 17.7 Å². The SMILES string of the molecule is CCCC(=O)Nc1ccc(C(=O)COC(=O)c2ccc(NC(=O)c3ccco3)s2)cc1. The van der Waals surface area contributed by atoms with Gasteiger partial charge in [0.1, 0.15) is 4.88 Å². The zero-order chi connectivity index (χ0) is 22.2. The molecule has 0 saturated carbocycles. The van der Waals surface area contributed by atoms with Crippen molar-refractivity contribution in [1.82, 2.24) is 0 Å². The number of Topliss-reactive ketones (excluding diaryl/α,β-unsaturated/α-hetero) is 1. The highest BCUT2D eigenvalue weighted by atomic mass is 32.1. The molecule has 1 aromatic carbocycles. The monoisotopic (exact) mass is 440 g/mol. The number of nitrogens with one attached hydrogen (secondary N) is 2. The van der Waals surface area contributed by atoms with Crippen molar-refractivity contribution in [2.75, 3.05) is 17.2 Å². The molecule has 0 atom stereocenters. The summed E-state index contributed by atoms with van der Waals surface area (Å²) in [5.41, 5.74) is 0.952. The van der Waals surface area contributed by atoms with Crippen LogP contribution in [0, 0.1) is 0 Å². The lowest BCUT2D eigenvalue weighted by Crippen LogP contribution is -2.14. The largest absolute Gasteiger partial charge is 0.459 e. The normalized spacial score (nSPS) is 10.4. The van der Waals surface area contributed by atoms with Crippen molar-refractivity contribution < 1.29 is 28.3 Å². The van der Waals surface area contributed by atoms with Crippen molar-refractivity contribution in [3.8, 4) is 0 Å². The van der Waals surface area contributed by atoms with Gasteiger partial charge in [0.2, 0.25) is 5.91 Å². The van der Waals surface area contributed by atoms with E-state index in [-0.39, 0.29) is 22.3 Å². The Morgan fingerprint density at radius 2 is 1.77 bits per heavy atom. The van der Waals surface area contributed by atoms with Crippen molar-refractivity contribution in [2.24, 2.45) is 0 Å². The molecule has 2 aromatic heterocycles. The van der Waals surface area contributed by atoms with Crippen LogP contribution in [0.3, 0.4) is 0 Å². The van der Waals surface area contributed by atoms with Gasteiger partial charge in [0.25, 0.3) is 5.91 Å². The Labute approximate surface area is 182 Å². The molecule has 3 aromatic rings. The molecule has 160 valence electrons. The van der Waals surface area contributed by atoms with Crippen LogP contribution in [0.15, 0.2) is 59.2 Å². The Hall–Kier alpha value is -3.72. The zero-order valence-electron chi connectivity index (χ0n) is 16.7. The molecule has 0 unspecified atom stereocenters. The maximum Gasteiger partial charge on any atom is 0.348 e. The van der Waals surface area contributed by atoms with Crippen LogP contribution >= 0.6 is 11.3 Å². The van der Waals surface area contributed by atoms with Crippen molar-refractivity contribution >= 4 is 45.6 Å². The molecule has 0 fully saturated rings. The van der Waals surface area contributed by atoms with Gasteiger partial charge in [-0.15, -0.1) is 11.3 Å². The third kappa shape index (κ3) is 6.13. The number of furan rings is 1. The predicted octanol–water partition coefficient (Wildman–Crippen LogP) is 4.37. The van der Waals surface area contributed by atoms with Gasteiger partial charge in [0.05, 0.1) is 11.3 Å². The summed E-state index contributed by atoms with van der Waals surface area (Å²) in [4.78, 5) is 48.3. The maximum atomic E-state index is 12.3. The number of benzene rings is 1. The second kappa shape index (κ2) is 10.4. The van der Waals surface area contributed by atoms with Gasteiger partial charge in [-0.3, -0.25) is 14.4 Å². The average Bonchev–Trinajstić information content (AvgIpc) is 3.45. The fraction of sp³-hybridized carbons (Fsp3) is 0.182. The molecule has 8 nitrogen and oxygen atoms in total. The molecule has 0 aliphatic carbocycles. The molecule has 2 amide bonds. The molecule has 0 radical (unpaired) electrons. The first kappa shape index (κ1) is 22.0. The minimum absolute atomic E-state index is 0.0915. The summed E-state index contributed by atoms with van der Waals surface area (Å²) in [6.07, 6.45) is 2.56. The smallest absolute Gasteiger partial charge is 0.348 e. The number of hydrogen-bond donors (Lipinski definition) is 2. The third-order valence-electron chi connectivity index (χ3n) is 4.09. The summed E-state index contributed by atoms with van der Waals surface area (Å²) in [5, 5.41) is 5.80. The van der Waals surface area contributed by atoms with Gasteiger partial charge < -0.3 is 19.8 Å². The minimum atomic E-state index is -0.666. The van der Waals surface area contributed by atoms with Crippen LogP contribution in [0.1, 0.15) is 50.3 Å². The van der Waals surface area contributed by atoms with E-state index in [1.165, 1.54) is 18.4 Å². The molecule has 9 heteroatoms. The van der Waals surface area contributed by atoms with Gasteiger partial charge in [-0.05, 0) is 55.0 Å². The molecule has 0 saturated heterocycles. The highest BCUT2D eigenvalue weighted by Crippen LogP contribution is 2.23. The van der Waals surface area contributed by atoms with Crippen LogP contribution in [0.2, 0.25) is 0 Å². The van der Waals surface area contributed by atoms with Crippen LogP contribution in [-0.2, 0) is 9.53 Å². The Morgan fingerprint density at radius 3 is 2.45 bits per heavy atom. The first-order chi connectivity index (χ1) is 15.0. The fourth-order valence-electron chi connectivity index (χ4n) is 2.57. The molecule has 3 rings (SSSR count). The molecule has 0 aliphatic heterocycles. The molecule has 0 aliphatic rings. The van der Waals surface area contributed by atoms with E-state index in [4.69, 9.17) is 9.15 Å². The van der Waals surface area contributed by atoms with Crippen molar-refractivity contribution in [1.29, 1.82) is 0 Å². The molecule has 0 spiro atoms. The summed E-state index contributed by atoms with van der Waals surface area (Å²) in [6.45, 7) is 1.49. The predicted molar refractivity (Wildman–Crippen MR) is 116 cm³/mol. The van der Waals surface area contributed by atoms with Crippen molar-refractivity contribution in [3.63, 3.8) is 0 Å². The van der Waals surface area contributed by atoms with Gasteiger partial charge in [-0.1, -0.05) is 6.92 Å². The summed E-state index contributed by atoms with van der Waals surface area (Å²) >= 11 is 1.03. The van der Waals surface area contributed by atoms with Gasteiger partial charge in [-0.25, -0.2) is 4.79 Å². The van der Waals surface area contributed by atoms with E-state index in [0.717, 1.165) is 17.8 Å². The van der Waals surface area contributed by atoms with E-state index in [0.29, 0.717) is 22.7 Å². The summed E-state index contributed by atoms with van der Waals surface area (Å²) in [7, 11) is 0. The van der Waals surface area contributed by atoms with E-state index in [2.05, 4.69) is 10.6 Å². The minimum Gasteiger partial charge on any atom is -0.459 e. The van der Waals surface area contributed by atoms with Crippen LogP contribution in [0.4, 0.5) is 10.7 Å². The highest BCUT2D eigenvalue weighted by molar-refractivity contribution is 7.18. The number of amides is 2. The number of anilines is 2. The molecule has 0 bridgehead atoms. The zero-order valence-corrected chi connectivity index (χ0v) is 17.5. The fourth-order valence-corrected chi connectivity index (χ4v) is 3.37. The number of carbonyl (C=O) groups is 4. The maximum absolute atomic E-state index is 12.3. The molecular weight excluding hydrogens is 420 g/mol.